The lowest BCUT2D eigenvalue weighted by molar-refractivity contribution is -0.192. The number of benzene rings is 1. The fourth-order valence-corrected chi connectivity index (χ4v) is 3.27. The van der Waals surface area contributed by atoms with Crippen LogP contribution in [0.5, 0.6) is 5.88 Å². The number of hydrogen-bond acceptors (Lipinski definition) is 5. The van der Waals surface area contributed by atoms with Gasteiger partial charge in [-0.2, -0.15) is 13.2 Å². The Labute approximate surface area is 147 Å². The second-order valence-corrected chi connectivity index (χ2v) is 6.35. The highest BCUT2D eigenvalue weighted by atomic mass is 19.4. The van der Waals surface area contributed by atoms with E-state index in [9.17, 15) is 13.2 Å². The van der Waals surface area contributed by atoms with Crippen molar-refractivity contribution in [2.75, 3.05) is 0 Å². The molecule has 9 heteroatoms. The van der Waals surface area contributed by atoms with E-state index in [1.165, 1.54) is 12.8 Å². The number of carbonyl (C=O) groups is 1. The van der Waals surface area contributed by atoms with Gasteiger partial charge in [0, 0.05) is 12.1 Å². The van der Waals surface area contributed by atoms with Crippen molar-refractivity contribution in [2.24, 2.45) is 0 Å². The minimum atomic E-state index is -5.08. The van der Waals surface area contributed by atoms with E-state index in [2.05, 4.69) is 15.3 Å². The first-order chi connectivity index (χ1) is 12.3. The van der Waals surface area contributed by atoms with E-state index in [-0.39, 0.29) is 6.10 Å². The van der Waals surface area contributed by atoms with Crippen LogP contribution in [-0.4, -0.2) is 45.4 Å². The Balaban J connectivity index is 0.000000242. The summed E-state index contributed by atoms with van der Waals surface area (Å²) in [5.74, 6) is -2.10. The minimum Gasteiger partial charge on any atom is -0.475 e. The smallest absolute Gasteiger partial charge is 0.475 e. The molecule has 6 nitrogen and oxygen atoms in total. The predicted octanol–water partition coefficient (Wildman–Crippen LogP) is 2.92. The highest BCUT2D eigenvalue weighted by Gasteiger charge is 2.38. The number of fused-ring (bicyclic) bond motifs is 3. The second kappa shape index (κ2) is 7.45. The summed E-state index contributed by atoms with van der Waals surface area (Å²) in [6.07, 6.45) is 1.69. The lowest BCUT2D eigenvalue weighted by atomic mass is 10.0. The van der Waals surface area contributed by atoms with Gasteiger partial charge in [-0.1, -0.05) is 12.1 Å². The van der Waals surface area contributed by atoms with Crippen molar-refractivity contribution in [1.29, 1.82) is 0 Å². The molecule has 2 N–H and O–H groups in total. The molecule has 0 unspecified atom stereocenters. The third-order valence-corrected chi connectivity index (χ3v) is 4.39. The number of aromatic nitrogens is 2. The summed E-state index contributed by atoms with van der Waals surface area (Å²) in [4.78, 5) is 17.8. The molecule has 4 rings (SSSR count). The Kier molecular flexibility index (Phi) is 5.26. The summed E-state index contributed by atoms with van der Waals surface area (Å²) >= 11 is 0. The van der Waals surface area contributed by atoms with Crippen LogP contribution in [0.1, 0.15) is 25.7 Å². The highest BCUT2D eigenvalue weighted by Crippen LogP contribution is 2.29. The van der Waals surface area contributed by atoms with E-state index in [4.69, 9.17) is 14.6 Å². The number of nitrogens with one attached hydrogen (secondary N) is 1. The molecule has 26 heavy (non-hydrogen) atoms. The van der Waals surface area contributed by atoms with Gasteiger partial charge in [-0.05, 0) is 37.8 Å². The molecule has 2 aliphatic rings. The SMILES string of the molecule is O=C(O)C(F)(F)F.c1ccc2nc(O[C@H]3C[C@H]4CC[C@@H](C3)N4)cnc2c1. The monoisotopic (exact) mass is 369 g/mol. The van der Waals surface area contributed by atoms with Crippen molar-refractivity contribution in [2.45, 2.75) is 50.0 Å². The van der Waals surface area contributed by atoms with Crippen LogP contribution >= 0.6 is 0 Å². The standard InChI is InChI=1S/C15H17N3O.C2HF3O2/c1-2-4-14-13(3-1)16-9-15(18-14)19-12-7-10-5-6-11(8-12)17-10;3-2(4,5)1(6)7/h1-4,9-12,17H,5-8H2;(H,6,7)/t10-,11+,12+;. The summed E-state index contributed by atoms with van der Waals surface area (Å²) in [6, 6.07) is 9.17. The summed E-state index contributed by atoms with van der Waals surface area (Å²) < 4.78 is 37.8. The Morgan fingerprint density at radius 2 is 1.73 bits per heavy atom. The fraction of sp³-hybridized carbons (Fsp3) is 0.471. The molecule has 0 spiro atoms. The van der Waals surface area contributed by atoms with Gasteiger partial charge in [-0.3, -0.25) is 0 Å². The largest absolute Gasteiger partial charge is 0.490 e. The van der Waals surface area contributed by atoms with Crippen LogP contribution in [0.3, 0.4) is 0 Å². The quantitative estimate of drug-likeness (QED) is 0.847. The number of hydrogen-bond donors (Lipinski definition) is 2. The summed E-state index contributed by atoms with van der Waals surface area (Å²) in [5, 5.41) is 10.7. The first-order valence-corrected chi connectivity index (χ1v) is 8.26. The normalized spacial score (nSPS) is 24.7. The molecule has 2 aliphatic heterocycles. The van der Waals surface area contributed by atoms with Gasteiger partial charge >= 0.3 is 12.1 Å². The van der Waals surface area contributed by atoms with Crippen molar-refractivity contribution >= 4 is 17.0 Å². The van der Waals surface area contributed by atoms with E-state index in [0.29, 0.717) is 18.0 Å². The van der Waals surface area contributed by atoms with Crippen LogP contribution in [0.15, 0.2) is 30.5 Å². The van der Waals surface area contributed by atoms with Crippen LogP contribution < -0.4 is 10.1 Å². The fourth-order valence-electron chi connectivity index (χ4n) is 3.27. The number of nitrogens with zero attached hydrogens (tertiary/aromatic N) is 2. The Bertz CT molecular complexity index is 772. The van der Waals surface area contributed by atoms with Crippen LogP contribution in [0.2, 0.25) is 0 Å². The van der Waals surface area contributed by atoms with E-state index < -0.39 is 12.1 Å². The van der Waals surface area contributed by atoms with Crippen molar-refractivity contribution in [3.8, 4) is 5.88 Å². The number of halogens is 3. The molecule has 3 heterocycles. The Morgan fingerprint density at radius 1 is 1.15 bits per heavy atom. The molecule has 2 aromatic rings. The molecule has 2 saturated heterocycles. The van der Waals surface area contributed by atoms with E-state index in [1.807, 2.05) is 24.3 Å². The van der Waals surface area contributed by atoms with Crippen LogP contribution in [-0.2, 0) is 4.79 Å². The van der Waals surface area contributed by atoms with Crippen LogP contribution in [0.25, 0.3) is 11.0 Å². The molecule has 0 saturated carbocycles. The number of piperidine rings is 1. The topological polar surface area (TPSA) is 84.3 Å². The average molecular weight is 369 g/mol. The van der Waals surface area contributed by atoms with Gasteiger partial charge in [0.05, 0.1) is 17.2 Å². The van der Waals surface area contributed by atoms with Gasteiger partial charge in [0.25, 0.3) is 0 Å². The Hall–Kier alpha value is -2.42. The summed E-state index contributed by atoms with van der Waals surface area (Å²) in [7, 11) is 0. The zero-order valence-corrected chi connectivity index (χ0v) is 13.7. The molecule has 0 radical (unpaired) electrons. The first kappa shape index (κ1) is 18.4. The minimum absolute atomic E-state index is 0.286. The summed E-state index contributed by atoms with van der Waals surface area (Å²) in [5.41, 5.74) is 1.82. The average Bonchev–Trinajstić information content (AvgIpc) is 2.93. The molecular formula is C17H18F3N3O3. The third kappa shape index (κ3) is 4.60. The van der Waals surface area contributed by atoms with Crippen molar-refractivity contribution in [3.63, 3.8) is 0 Å². The zero-order chi connectivity index (χ0) is 18.7. The van der Waals surface area contributed by atoms with Crippen molar-refractivity contribution < 1.29 is 27.8 Å². The van der Waals surface area contributed by atoms with Gasteiger partial charge in [-0.25, -0.2) is 14.8 Å². The summed E-state index contributed by atoms with van der Waals surface area (Å²) in [6.45, 7) is 0. The van der Waals surface area contributed by atoms with Gasteiger partial charge in [-0.15, -0.1) is 0 Å². The number of ether oxygens (including phenoxy) is 1. The lowest BCUT2D eigenvalue weighted by Crippen LogP contribution is -2.42. The molecule has 3 atom stereocenters. The predicted molar refractivity (Wildman–Crippen MR) is 86.8 cm³/mol. The number of aliphatic carboxylic acids is 1. The number of para-hydroxylation sites is 2. The molecule has 140 valence electrons. The van der Waals surface area contributed by atoms with Crippen molar-refractivity contribution in [1.82, 2.24) is 15.3 Å². The molecule has 2 fully saturated rings. The molecule has 0 aliphatic carbocycles. The van der Waals surface area contributed by atoms with Crippen LogP contribution in [0, 0.1) is 0 Å². The molecular weight excluding hydrogens is 351 g/mol. The van der Waals surface area contributed by atoms with E-state index in [1.54, 1.807) is 6.20 Å². The molecule has 2 bridgehead atoms. The van der Waals surface area contributed by atoms with Gasteiger partial charge in [0.15, 0.2) is 0 Å². The second-order valence-electron chi connectivity index (χ2n) is 6.35. The number of carboxylic acids is 1. The maximum atomic E-state index is 10.6. The third-order valence-electron chi connectivity index (χ3n) is 4.39. The number of alkyl halides is 3. The maximum absolute atomic E-state index is 10.6. The van der Waals surface area contributed by atoms with E-state index in [0.717, 1.165) is 23.9 Å². The lowest BCUT2D eigenvalue weighted by Gasteiger charge is -2.29. The molecule has 0 amide bonds. The first-order valence-electron chi connectivity index (χ1n) is 8.26. The zero-order valence-electron chi connectivity index (χ0n) is 13.7. The van der Waals surface area contributed by atoms with E-state index >= 15 is 0 Å². The Morgan fingerprint density at radius 3 is 2.31 bits per heavy atom. The highest BCUT2D eigenvalue weighted by molar-refractivity contribution is 5.74. The van der Waals surface area contributed by atoms with Gasteiger partial charge in [0.1, 0.15) is 6.10 Å². The van der Waals surface area contributed by atoms with Gasteiger partial charge < -0.3 is 15.2 Å². The van der Waals surface area contributed by atoms with Crippen LogP contribution in [0.4, 0.5) is 13.2 Å². The van der Waals surface area contributed by atoms with Crippen molar-refractivity contribution in [3.05, 3.63) is 30.5 Å². The molecule has 1 aromatic carbocycles. The maximum Gasteiger partial charge on any atom is 0.490 e. The molecule has 1 aromatic heterocycles. The van der Waals surface area contributed by atoms with Gasteiger partial charge in [0.2, 0.25) is 5.88 Å². The number of carboxylic acid groups (broad SMARTS) is 1. The number of rotatable bonds is 2.